The summed E-state index contributed by atoms with van der Waals surface area (Å²) in [5.41, 5.74) is 0.542. The lowest BCUT2D eigenvalue weighted by Crippen LogP contribution is -2.39. The van der Waals surface area contributed by atoms with E-state index in [1.54, 1.807) is 12.1 Å². The van der Waals surface area contributed by atoms with Gasteiger partial charge in [-0.1, -0.05) is 17.7 Å². The molecule has 1 heterocycles. The van der Waals surface area contributed by atoms with Crippen molar-refractivity contribution >= 4 is 17.6 Å². The molecule has 1 fully saturated rings. The van der Waals surface area contributed by atoms with Gasteiger partial charge in [-0.05, 0) is 31.9 Å². The monoisotopic (exact) mass is 370 g/mol. The fraction of sp³-hybridized carbons (Fsp3) is 0.611. The standard InChI is InChI=1S/C18H28ClFN4O/c1-2-21-18(22-8-4-10-24-11-13-25-14-12-24)23-9-7-15-16(19)5-3-6-17(15)20/h3,5-6H,2,4,7-14H2,1H3,(H2,21,22,23). The van der Waals surface area contributed by atoms with Crippen LogP contribution in [-0.4, -0.2) is 63.3 Å². The largest absolute Gasteiger partial charge is 0.379 e. The number of rotatable bonds is 8. The summed E-state index contributed by atoms with van der Waals surface area (Å²) in [7, 11) is 0. The molecule has 1 aliphatic rings. The van der Waals surface area contributed by atoms with Gasteiger partial charge in [-0.2, -0.15) is 0 Å². The van der Waals surface area contributed by atoms with E-state index in [1.807, 2.05) is 6.92 Å². The molecular weight excluding hydrogens is 343 g/mol. The van der Waals surface area contributed by atoms with Gasteiger partial charge in [0.25, 0.3) is 0 Å². The van der Waals surface area contributed by atoms with Crippen LogP contribution in [0.2, 0.25) is 5.02 Å². The Labute approximate surface area is 154 Å². The molecule has 7 heteroatoms. The van der Waals surface area contributed by atoms with Crippen LogP contribution in [0.4, 0.5) is 4.39 Å². The fourth-order valence-electron chi connectivity index (χ4n) is 2.73. The van der Waals surface area contributed by atoms with Gasteiger partial charge in [0.2, 0.25) is 0 Å². The van der Waals surface area contributed by atoms with Crippen LogP contribution in [0.5, 0.6) is 0 Å². The van der Waals surface area contributed by atoms with Crippen LogP contribution in [0.25, 0.3) is 0 Å². The van der Waals surface area contributed by atoms with Crippen LogP contribution in [0.3, 0.4) is 0 Å². The molecule has 0 radical (unpaired) electrons. The normalized spacial score (nSPS) is 16.0. The Bertz CT molecular complexity index is 530. The highest BCUT2D eigenvalue weighted by atomic mass is 35.5. The summed E-state index contributed by atoms with van der Waals surface area (Å²) in [4.78, 5) is 6.99. The van der Waals surface area contributed by atoms with Gasteiger partial charge in [-0.25, -0.2) is 4.39 Å². The number of morpholine rings is 1. The maximum atomic E-state index is 13.8. The maximum absolute atomic E-state index is 13.8. The predicted molar refractivity (Wildman–Crippen MR) is 101 cm³/mol. The van der Waals surface area contributed by atoms with Crippen LogP contribution in [0.1, 0.15) is 18.9 Å². The Balaban J connectivity index is 1.73. The maximum Gasteiger partial charge on any atom is 0.191 e. The molecular formula is C18H28ClFN4O. The van der Waals surface area contributed by atoms with Crippen molar-refractivity contribution in [3.63, 3.8) is 0 Å². The first-order valence-corrected chi connectivity index (χ1v) is 9.33. The third kappa shape index (κ3) is 7.18. The molecule has 140 valence electrons. The molecule has 0 amide bonds. The van der Waals surface area contributed by atoms with E-state index >= 15 is 0 Å². The van der Waals surface area contributed by atoms with Gasteiger partial charge in [0.15, 0.2) is 5.96 Å². The number of nitrogens with one attached hydrogen (secondary N) is 2. The number of guanidine groups is 1. The minimum absolute atomic E-state index is 0.262. The van der Waals surface area contributed by atoms with Crippen LogP contribution < -0.4 is 10.6 Å². The number of nitrogens with zero attached hydrogens (tertiary/aromatic N) is 2. The first-order chi connectivity index (χ1) is 12.2. The molecule has 1 aromatic carbocycles. The van der Waals surface area contributed by atoms with E-state index in [9.17, 15) is 4.39 Å². The molecule has 5 nitrogen and oxygen atoms in total. The van der Waals surface area contributed by atoms with Crippen molar-refractivity contribution in [3.8, 4) is 0 Å². The van der Waals surface area contributed by atoms with E-state index in [4.69, 9.17) is 16.3 Å². The molecule has 25 heavy (non-hydrogen) atoms. The van der Waals surface area contributed by atoms with Gasteiger partial charge in [-0.3, -0.25) is 9.89 Å². The second-order valence-corrected chi connectivity index (χ2v) is 6.35. The summed E-state index contributed by atoms with van der Waals surface area (Å²) in [6.45, 7) is 8.85. The number of halogens is 2. The molecule has 0 bridgehead atoms. The Morgan fingerprint density at radius 2 is 2.12 bits per heavy atom. The fourth-order valence-corrected chi connectivity index (χ4v) is 2.99. The lowest BCUT2D eigenvalue weighted by Gasteiger charge is -2.26. The molecule has 0 atom stereocenters. The van der Waals surface area contributed by atoms with Crippen LogP contribution in [-0.2, 0) is 11.2 Å². The van der Waals surface area contributed by atoms with E-state index < -0.39 is 0 Å². The Hall–Kier alpha value is -1.37. The topological polar surface area (TPSA) is 48.9 Å². The molecule has 2 N–H and O–H groups in total. The molecule has 0 spiro atoms. The molecule has 0 unspecified atom stereocenters. The minimum Gasteiger partial charge on any atom is -0.379 e. The van der Waals surface area contributed by atoms with E-state index in [2.05, 4.69) is 20.5 Å². The van der Waals surface area contributed by atoms with Gasteiger partial charge in [-0.15, -0.1) is 0 Å². The SMILES string of the molecule is CCNC(=NCCCN1CCOCC1)NCCc1c(F)cccc1Cl. The van der Waals surface area contributed by atoms with Crippen molar-refractivity contribution in [2.45, 2.75) is 19.8 Å². The summed E-state index contributed by atoms with van der Waals surface area (Å²) in [6, 6.07) is 4.77. The molecule has 0 saturated carbocycles. The third-order valence-corrected chi connectivity index (χ3v) is 4.43. The summed E-state index contributed by atoms with van der Waals surface area (Å²) in [6.07, 6.45) is 1.53. The average molecular weight is 371 g/mol. The zero-order valence-corrected chi connectivity index (χ0v) is 15.6. The lowest BCUT2D eigenvalue weighted by molar-refractivity contribution is 0.0377. The number of aliphatic imine (C=N–C) groups is 1. The summed E-state index contributed by atoms with van der Waals surface area (Å²) in [5, 5.41) is 6.92. The Kier molecular flexibility index (Phi) is 9.00. The van der Waals surface area contributed by atoms with Crippen molar-refractivity contribution in [2.75, 3.05) is 52.5 Å². The molecule has 2 rings (SSSR count). The van der Waals surface area contributed by atoms with Crippen LogP contribution >= 0.6 is 11.6 Å². The average Bonchev–Trinajstić information content (AvgIpc) is 2.62. The highest BCUT2D eigenvalue weighted by Crippen LogP contribution is 2.18. The van der Waals surface area contributed by atoms with Crippen molar-refractivity contribution in [3.05, 3.63) is 34.6 Å². The highest BCUT2D eigenvalue weighted by Gasteiger charge is 2.09. The second-order valence-electron chi connectivity index (χ2n) is 5.95. The molecule has 1 aromatic rings. The van der Waals surface area contributed by atoms with Gasteiger partial charge in [0.05, 0.1) is 13.2 Å². The van der Waals surface area contributed by atoms with E-state index in [0.29, 0.717) is 23.6 Å². The van der Waals surface area contributed by atoms with Gasteiger partial charge in [0.1, 0.15) is 5.82 Å². The van der Waals surface area contributed by atoms with Crippen molar-refractivity contribution in [1.82, 2.24) is 15.5 Å². The summed E-state index contributed by atoms with van der Waals surface area (Å²) >= 11 is 6.06. The molecule has 0 aliphatic carbocycles. The van der Waals surface area contributed by atoms with Crippen LogP contribution in [0.15, 0.2) is 23.2 Å². The third-order valence-electron chi connectivity index (χ3n) is 4.08. The minimum atomic E-state index is -0.262. The summed E-state index contributed by atoms with van der Waals surface area (Å²) in [5.74, 6) is 0.499. The van der Waals surface area contributed by atoms with E-state index in [-0.39, 0.29) is 5.82 Å². The van der Waals surface area contributed by atoms with Gasteiger partial charge in [0, 0.05) is 49.9 Å². The zero-order valence-electron chi connectivity index (χ0n) is 14.9. The summed E-state index contributed by atoms with van der Waals surface area (Å²) < 4.78 is 19.1. The lowest BCUT2D eigenvalue weighted by atomic mass is 10.1. The second kappa shape index (κ2) is 11.3. The zero-order chi connectivity index (χ0) is 17.9. The van der Waals surface area contributed by atoms with Crippen molar-refractivity contribution in [1.29, 1.82) is 0 Å². The Morgan fingerprint density at radius 3 is 2.84 bits per heavy atom. The van der Waals surface area contributed by atoms with E-state index in [0.717, 1.165) is 58.3 Å². The number of ether oxygens (including phenoxy) is 1. The van der Waals surface area contributed by atoms with Gasteiger partial charge < -0.3 is 15.4 Å². The number of benzene rings is 1. The predicted octanol–water partition coefficient (Wildman–Crippen LogP) is 2.30. The van der Waals surface area contributed by atoms with Crippen molar-refractivity contribution in [2.24, 2.45) is 4.99 Å². The van der Waals surface area contributed by atoms with Crippen molar-refractivity contribution < 1.29 is 9.13 Å². The Morgan fingerprint density at radius 1 is 1.32 bits per heavy atom. The molecule has 0 aromatic heterocycles. The molecule has 1 aliphatic heterocycles. The smallest absolute Gasteiger partial charge is 0.191 e. The first-order valence-electron chi connectivity index (χ1n) is 8.96. The number of hydrogen-bond donors (Lipinski definition) is 2. The molecule has 1 saturated heterocycles. The van der Waals surface area contributed by atoms with Gasteiger partial charge >= 0.3 is 0 Å². The first kappa shape index (κ1) is 19.9. The quantitative estimate of drug-likeness (QED) is 0.419. The van der Waals surface area contributed by atoms with E-state index in [1.165, 1.54) is 6.07 Å². The van der Waals surface area contributed by atoms with Crippen LogP contribution in [0, 0.1) is 5.82 Å². The number of hydrogen-bond acceptors (Lipinski definition) is 3. The highest BCUT2D eigenvalue weighted by molar-refractivity contribution is 6.31.